The van der Waals surface area contributed by atoms with Crippen molar-refractivity contribution in [3.8, 4) is 5.75 Å². The molecule has 2 rings (SSSR count). The van der Waals surface area contributed by atoms with Crippen LogP contribution in [0.2, 0.25) is 0 Å². The molecule has 1 heterocycles. The summed E-state index contributed by atoms with van der Waals surface area (Å²) in [5, 5.41) is 6.68. The summed E-state index contributed by atoms with van der Waals surface area (Å²) < 4.78 is 7.49. The minimum Gasteiger partial charge on any atom is -0.496 e. The number of ether oxygens (including phenoxy) is 1. The van der Waals surface area contributed by atoms with Crippen molar-refractivity contribution in [2.24, 2.45) is 4.99 Å². The topological polar surface area (TPSA) is 63.5 Å². The van der Waals surface area contributed by atoms with Crippen LogP contribution in [-0.2, 0) is 13.0 Å². The molecule has 0 radical (unpaired) electrons. The molecule has 6 heteroatoms. The molecule has 1 aromatic carbocycles. The molecule has 0 aliphatic rings. The van der Waals surface area contributed by atoms with Gasteiger partial charge in [-0.25, -0.2) is 4.98 Å². The number of aromatic nitrogens is 2. The number of aryl methyl sites for hydroxylation is 2. The van der Waals surface area contributed by atoms with Gasteiger partial charge in [0.05, 0.1) is 13.4 Å². The van der Waals surface area contributed by atoms with E-state index in [1.165, 1.54) is 11.1 Å². The Morgan fingerprint density at radius 1 is 1.29 bits per heavy atom. The van der Waals surface area contributed by atoms with Gasteiger partial charge in [-0.15, -0.1) is 0 Å². The van der Waals surface area contributed by atoms with E-state index in [1.54, 1.807) is 20.4 Å². The third-order valence-corrected chi connectivity index (χ3v) is 3.79. The van der Waals surface area contributed by atoms with E-state index in [-0.39, 0.29) is 0 Å². The number of rotatable bonds is 8. The van der Waals surface area contributed by atoms with Gasteiger partial charge in [-0.05, 0) is 31.4 Å². The normalized spacial score (nSPS) is 11.4. The average molecular weight is 329 g/mol. The molecule has 2 N–H and O–H groups in total. The van der Waals surface area contributed by atoms with E-state index < -0.39 is 0 Å². The fourth-order valence-electron chi connectivity index (χ4n) is 2.53. The first-order chi connectivity index (χ1) is 11.7. The van der Waals surface area contributed by atoms with E-state index in [9.17, 15) is 0 Å². The van der Waals surface area contributed by atoms with Crippen LogP contribution in [0.1, 0.15) is 17.5 Å². The molecule has 2 aromatic rings. The van der Waals surface area contributed by atoms with Crippen LogP contribution in [0.5, 0.6) is 5.75 Å². The molecule has 0 unspecified atom stereocenters. The number of methoxy groups -OCH3 is 1. The fourth-order valence-corrected chi connectivity index (χ4v) is 2.53. The van der Waals surface area contributed by atoms with Crippen molar-refractivity contribution in [3.05, 3.63) is 48.0 Å². The summed E-state index contributed by atoms with van der Waals surface area (Å²) in [6.07, 6.45) is 7.52. The van der Waals surface area contributed by atoms with Crippen molar-refractivity contribution < 1.29 is 4.74 Å². The zero-order chi connectivity index (χ0) is 17.2. The van der Waals surface area contributed by atoms with E-state index >= 15 is 0 Å². The number of imidazole rings is 1. The first-order valence-corrected chi connectivity index (χ1v) is 8.26. The van der Waals surface area contributed by atoms with Gasteiger partial charge in [-0.2, -0.15) is 0 Å². The molecule has 0 aliphatic carbocycles. The number of benzene rings is 1. The van der Waals surface area contributed by atoms with Gasteiger partial charge in [-0.1, -0.05) is 17.7 Å². The first-order valence-electron chi connectivity index (χ1n) is 8.26. The molecule has 0 saturated carbocycles. The molecule has 0 spiro atoms. The maximum absolute atomic E-state index is 5.42. The van der Waals surface area contributed by atoms with Gasteiger partial charge in [0, 0.05) is 39.1 Å². The standard InChI is InChI=1S/C18H27N5O/c1-15-5-6-17(24-3)16(13-15)7-9-22-18(19-2)21-8-4-11-23-12-10-20-14-23/h5-6,10,12-14H,4,7-9,11H2,1-3H3,(H2,19,21,22). The van der Waals surface area contributed by atoms with Crippen LogP contribution >= 0.6 is 0 Å². The molecule has 0 bridgehead atoms. The zero-order valence-corrected chi connectivity index (χ0v) is 14.7. The number of guanidine groups is 1. The molecule has 0 aliphatic heterocycles. The Bertz CT molecular complexity index is 637. The molecule has 6 nitrogen and oxygen atoms in total. The molecule has 0 fully saturated rings. The monoisotopic (exact) mass is 329 g/mol. The summed E-state index contributed by atoms with van der Waals surface area (Å²) >= 11 is 0. The first kappa shape index (κ1) is 17.8. The number of aliphatic imine (C=N–C) groups is 1. The Labute approximate surface area is 144 Å². The highest BCUT2D eigenvalue weighted by Crippen LogP contribution is 2.19. The summed E-state index contributed by atoms with van der Waals surface area (Å²) in [6.45, 7) is 4.72. The van der Waals surface area contributed by atoms with Gasteiger partial charge in [0.2, 0.25) is 0 Å². The Morgan fingerprint density at radius 3 is 2.83 bits per heavy atom. The van der Waals surface area contributed by atoms with Crippen LogP contribution in [0, 0.1) is 6.92 Å². The summed E-state index contributed by atoms with van der Waals surface area (Å²) in [6, 6.07) is 6.26. The Balaban J connectivity index is 1.70. The number of hydrogen-bond donors (Lipinski definition) is 2. The number of hydrogen-bond acceptors (Lipinski definition) is 3. The highest BCUT2D eigenvalue weighted by atomic mass is 16.5. The van der Waals surface area contributed by atoms with Crippen molar-refractivity contribution in [1.82, 2.24) is 20.2 Å². The highest BCUT2D eigenvalue weighted by molar-refractivity contribution is 5.79. The van der Waals surface area contributed by atoms with Gasteiger partial charge in [0.1, 0.15) is 5.75 Å². The smallest absolute Gasteiger partial charge is 0.190 e. The lowest BCUT2D eigenvalue weighted by Crippen LogP contribution is -2.39. The second-order valence-electron chi connectivity index (χ2n) is 5.65. The minimum atomic E-state index is 0.807. The fraction of sp³-hybridized carbons (Fsp3) is 0.444. The molecule has 0 atom stereocenters. The van der Waals surface area contributed by atoms with Crippen LogP contribution in [0.15, 0.2) is 41.9 Å². The third-order valence-electron chi connectivity index (χ3n) is 3.79. The zero-order valence-electron chi connectivity index (χ0n) is 14.7. The molecule has 0 amide bonds. The van der Waals surface area contributed by atoms with Gasteiger partial charge >= 0.3 is 0 Å². The van der Waals surface area contributed by atoms with Crippen LogP contribution in [-0.4, -0.2) is 42.8 Å². The lowest BCUT2D eigenvalue weighted by molar-refractivity contribution is 0.409. The molecule has 0 saturated heterocycles. The van der Waals surface area contributed by atoms with Gasteiger partial charge < -0.3 is 19.9 Å². The largest absolute Gasteiger partial charge is 0.496 e. The van der Waals surface area contributed by atoms with E-state index in [1.807, 2.05) is 18.6 Å². The van der Waals surface area contributed by atoms with Crippen LogP contribution in [0.3, 0.4) is 0 Å². The van der Waals surface area contributed by atoms with Gasteiger partial charge in [-0.3, -0.25) is 4.99 Å². The summed E-state index contributed by atoms with van der Waals surface area (Å²) in [5.74, 6) is 1.76. The van der Waals surface area contributed by atoms with Crippen molar-refractivity contribution in [1.29, 1.82) is 0 Å². The Hall–Kier alpha value is -2.50. The lowest BCUT2D eigenvalue weighted by Gasteiger charge is -2.13. The van der Waals surface area contributed by atoms with Crippen LogP contribution in [0.25, 0.3) is 0 Å². The number of nitrogens with one attached hydrogen (secondary N) is 2. The predicted molar refractivity (Wildman–Crippen MR) is 97.6 cm³/mol. The average Bonchev–Trinajstić information content (AvgIpc) is 3.10. The summed E-state index contributed by atoms with van der Waals surface area (Å²) in [4.78, 5) is 8.30. The minimum absolute atomic E-state index is 0.807. The third kappa shape index (κ3) is 5.61. The Morgan fingerprint density at radius 2 is 2.12 bits per heavy atom. The second kappa shape index (κ2) is 9.60. The highest BCUT2D eigenvalue weighted by Gasteiger charge is 2.04. The molecule has 24 heavy (non-hydrogen) atoms. The van der Waals surface area contributed by atoms with Crippen LogP contribution < -0.4 is 15.4 Å². The SMILES string of the molecule is CN=C(NCCCn1ccnc1)NCCc1cc(C)ccc1OC. The Kier molecular flexibility index (Phi) is 7.14. The van der Waals surface area contributed by atoms with Crippen molar-refractivity contribution in [2.45, 2.75) is 26.3 Å². The van der Waals surface area contributed by atoms with Crippen LogP contribution in [0.4, 0.5) is 0 Å². The van der Waals surface area contributed by atoms with Crippen molar-refractivity contribution >= 4 is 5.96 Å². The maximum Gasteiger partial charge on any atom is 0.190 e. The van der Waals surface area contributed by atoms with E-state index in [0.29, 0.717) is 0 Å². The van der Waals surface area contributed by atoms with E-state index in [4.69, 9.17) is 4.74 Å². The molecular formula is C18H27N5O. The number of nitrogens with zero attached hydrogens (tertiary/aromatic N) is 3. The molecular weight excluding hydrogens is 302 g/mol. The lowest BCUT2D eigenvalue weighted by atomic mass is 10.1. The van der Waals surface area contributed by atoms with E-state index in [0.717, 1.165) is 44.2 Å². The quantitative estimate of drug-likeness (QED) is 0.442. The van der Waals surface area contributed by atoms with Gasteiger partial charge in [0.15, 0.2) is 5.96 Å². The summed E-state index contributed by atoms with van der Waals surface area (Å²) in [5.41, 5.74) is 2.45. The van der Waals surface area contributed by atoms with Crippen molar-refractivity contribution in [3.63, 3.8) is 0 Å². The van der Waals surface area contributed by atoms with Gasteiger partial charge in [0.25, 0.3) is 0 Å². The predicted octanol–water partition coefficient (Wildman–Crippen LogP) is 2.00. The molecule has 1 aromatic heterocycles. The van der Waals surface area contributed by atoms with E-state index in [2.05, 4.69) is 44.2 Å². The van der Waals surface area contributed by atoms with Crippen molar-refractivity contribution in [2.75, 3.05) is 27.2 Å². The second-order valence-corrected chi connectivity index (χ2v) is 5.65. The summed E-state index contributed by atoms with van der Waals surface area (Å²) in [7, 11) is 3.50. The maximum atomic E-state index is 5.42. The molecule has 130 valence electrons.